The molecule has 0 aromatic heterocycles. The van der Waals surface area contributed by atoms with Gasteiger partial charge in [0.15, 0.2) is 5.96 Å². The Bertz CT molecular complexity index is 660. The van der Waals surface area contributed by atoms with Crippen molar-refractivity contribution in [3.05, 3.63) is 35.6 Å². The first-order chi connectivity index (χ1) is 12.5. The number of nitrogens with zero attached hydrogens (tertiary/aromatic N) is 2. The van der Waals surface area contributed by atoms with E-state index in [2.05, 4.69) is 17.1 Å². The minimum absolute atomic E-state index is 0. The molecule has 0 radical (unpaired) electrons. The third-order valence-electron chi connectivity index (χ3n) is 5.48. The fourth-order valence-electron chi connectivity index (χ4n) is 3.85. The van der Waals surface area contributed by atoms with Crippen LogP contribution in [-0.2, 0) is 10.2 Å². The fraction of sp³-hybridized carbons (Fsp3) is 0.600. The van der Waals surface area contributed by atoms with Crippen LogP contribution in [0.25, 0.3) is 0 Å². The van der Waals surface area contributed by atoms with E-state index in [0.717, 1.165) is 51.3 Å². The number of hydrogen-bond acceptors (Lipinski definition) is 2. The van der Waals surface area contributed by atoms with Crippen LogP contribution in [0.5, 0.6) is 0 Å². The lowest BCUT2D eigenvalue weighted by Gasteiger charge is -2.35. The zero-order chi connectivity index (χ0) is 18.6. The van der Waals surface area contributed by atoms with Crippen molar-refractivity contribution in [3.8, 4) is 0 Å². The van der Waals surface area contributed by atoms with Gasteiger partial charge in [0.05, 0.1) is 6.54 Å². The summed E-state index contributed by atoms with van der Waals surface area (Å²) in [6.45, 7) is 5.34. The molecule has 1 saturated carbocycles. The van der Waals surface area contributed by atoms with Crippen LogP contribution in [0.15, 0.2) is 29.3 Å². The summed E-state index contributed by atoms with van der Waals surface area (Å²) in [6.07, 6.45) is 4.71. The van der Waals surface area contributed by atoms with Gasteiger partial charge in [0.25, 0.3) is 0 Å². The van der Waals surface area contributed by atoms with Crippen molar-refractivity contribution in [1.29, 1.82) is 0 Å². The van der Waals surface area contributed by atoms with Crippen molar-refractivity contribution >= 4 is 35.8 Å². The number of piperidine rings is 1. The minimum atomic E-state index is -0.230. The number of likely N-dealkylation sites (tertiary alicyclic amines) is 1. The Morgan fingerprint density at radius 1 is 1.37 bits per heavy atom. The third-order valence-corrected chi connectivity index (χ3v) is 5.48. The van der Waals surface area contributed by atoms with Gasteiger partial charge < -0.3 is 16.0 Å². The van der Waals surface area contributed by atoms with Crippen LogP contribution in [-0.4, -0.2) is 42.9 Å². The molecule has 0 bridgehead atoms. The van der Waals surface area contributed by atoms with Crippen molar-refractivity contribution in [2.75, 3.05) is 26.2 Å². The van der Waals surface area contributed by atoms with Gasteiger partial charge in [-0.2, -0.15) is 0 Å². The summed E-state index contributed by atoms with van der Waals surface area (Å²) in [5, 5.41) is 3.39. The molecule has 2 fully saturated rings. The van der Waals surface area contributed by atoms with E-state index in [0.29, 0.717) is 18.9 Å². The Hall–Kier alpha value is -1.38. The quantitative estimate of drug-likeness (QED) is 0.368. The smallest absolute Gasteiger partial charge is 0.217 e. The molecule has 5 nitrogen and oxygen atoms in total. The van der Waals surface area contributed by atoms with E-state index in [1.165, 1.54) is 17.7 Å². The van der Waals surface area contributed by atoms with E-state index < -0.39 is 0 Å². The maximum atomic E-state index is 13.2. The first kappa shape index (κ1) is 21.9. The normalized spacial score (nSPS) is 21.3. The number of hydrogen-bond donors (Lipinski definition) is 2. The second kappa shape index (κ2) is 9.71. The van der Waals surface area contributed by atoms with Gasteiger partial charge in [-0.05, 0) is 56.2 Å². The summed E-state index contributed by atoms with van der Waals surface area (Å²) in [5.41, 5.74) is 6.60. The second-order valence-electron chi connectivity index (χ2n) is 7.58. The van der Waals surface area contributed by atoms with Gasteiger partial charge in [-0.25, -0.2) is 4.39 Å². The van der Waals surface area contributed by atoms with E-state index >= 15 is 0 Å². The Morgan fingerprint density at radius 3 is 2.67 bits per heavy atom. The molecule has 3 rings (SSSR count). The van der Waals surface area contributed by atoms with Gasteiger partial charge in [-0.1, -0.05) is 12.1 Å². The second-order valence-corrected chi connectivity index (χ2v) is 7.58. The standard InChI is InChI=1S/C20H29FN4O.HI/c1-2-23-19(25-11-3-4-15(13-25)12-18(22)26)24-14-20(9-10-20)16-5-7-17(21)8-6-16;/h5-8,15H,2-4,9-14H2,1H3,(H2,22,26)(H,23,24);1H. The number of benzene rings is 1. The van der Waals surface area contributed by atoms with E-state index in [9.17, 15) is 9.18 Å². The number of aliphatic imine (C=N–C) groups is 1. The maximum absolute atomic E-state index is 13.2. The highest BCUT2D eigenvalue weighted by Crippen LogP contribution is 2.48. The average Bonchev–Trinajstić information content (AvgIpc) is 3.40. The van der Waals surface area contributed by atoms with E-state index in [1.54, 1.807) is 0 Å². The van der Waals surface area contributed by atoms with Gasteiger partial charge >= 0.3 is 0 Å². The number of primary amides is 1. The summed E-state index contributed by atoms with van der Waals surface area (Å²) >= 11 is 0. The molecule has 1 atom stereocenters. The molecule has 1 unspecified atom stereocenters. The van der Waals surface area contributed by atoms with E-state index in [4.69, 9.17) is 10.7 Å². The number of carbonyl (C=O) groups excluding carboxylic acids is 1. The van der Waals surface area contributed by atoms with Crippen molar-refractivity contribution in [1.82, 2.24) is 10.2 Å². The van der Waals surface area contributed by atoms with Crippen LogP contribution < -0.4 is 11.1 Å². The average molecular weight is 488 g/mol. The lowest BCUT2D eigenvalue weighted by molar-refractivity contribution is -0.119. The molecule has 1 aromatic rings. The highest BCUT2D eigenvalue weighted by Gasteiger charge is 2.44. The van der Waals surface area contributed by atoms with E-state index in [1.807, 2.05) is 12.1 Å². The zero-order valence-electron chi connectivity index (χ0n) is 15.9. The number of halogens is 2. The van der Waals surface area contributed by atoms with Gasteiger partial charge in [0.2, 0.25) is 5.91 Å². The summed E-state index contributed by atoms with van der Waals surface area (Å²) < 4.78 is 13.2. The Labute approximate surface area is 178 Å². The molecular weight excluding hydrogens is 458 g/mol. The Kier molecular flexibility index (Phi) is 7.88. The predicted octanol–water partition coefficient (Wildman–Crippen LogP) is 3.03. The molecule has 1 saturated heterocycles. The molecule has 3 N–H and O–H groups in total. The van der Waals surface area contributed by atoms with Gasteiger partial charge in [0.1, 0.15) is 5.82 Å². The number of carbonyl (C=O) groups is 1. The van der Waals surface area contributed by atoms with Gasteiger partial charge in [-0.15, -0.1) is 24.0 Å². The number of nitrogens with one attached hydrogen (secondary N) is 1. The Balaban J connectivity index is 0.00000261. The molecular formula is C20H30FIN4O. The molecule has 7 heteroatoms. The zero-order valence-corrected chi connectivity index (χ0v) is 18.2. The molecule has 1 aromatic carbocycles. The largest absolute Gasteiger partial charge is 0.370 e. The fourth-order valence-corrected chi connectivity index (χ4v) is 3.85. The molecule has 2 aliphatic rings. The highest BCUT2D eigenvalue weighted by atomic mass is 127. The summed E-state index contributed by atoms with van der Waals surface area (Å²) in [4.78, 5) is 18.4. The summed E-state index contributed by atoms with van der Waals surface area (Å²) in [5.74, 6) is 0.786. The molecule has 1 amide bonds. The molecule has 1 heterocycles. The van der Waals surface area contributed by atoms with Crippen LogP contribution in [0.1, 0.15) is 44.6 Å². The van der Waals surface area contributed by atoms with Crippen LogP contribution in [0.4, 0.5) is 4.39 Å². The van der Waals surface area contributed by atoms with Crippen molar-refractivity contribution in [2.24, 2.45) is 16.6 Å². The highest BCUT2D eigenvalue weighted by molar-refractivity contribution is 14.0. The van der Waals surface area contributed by atoms with Gasteiger partial charge in [0, 0.05) is 31.5 Å². The minimum Gasteiger partial charge on any atom is -0.370 e. The Morgan fingerprint density at radius 2 is 2.07 bits per heavy atom. The van der Waals surface area contributed by atoms with Gasteiger partial charge in [-0.3, -0.25) is 9.79 Å². The van der Waals surface area contributed by atoms with Crippen LogP contribution in [0.2, 0.25) is 0 Å². The maximum Gasteiger partial charge on any atom is 0.217 e. The molecule has 27 heavy (non-hydrogen) atoms. The van der Waals surface area contributed by atoms with Crippen molar-refractivity contribution in [2.45, 2.75) is 44.4 Å². The summed E-state index contributed by atoms with van der Waals surface area (Å²) in [7, 11) is 0. The van der Waals surface area contributed by atoms with Crippen molar-refractivity contribution < 1.29 is 9.18 Å². The monoisotopic (exact) mass is 488 g/mol. The SMILES string of the molecule is CCNC(=NCC1(c2ccc(F)cc2)CC1)N1CCCC(CC(N)=O)C1.I. The molecule has 1 aliphatic heterocycles. The van der Waals surface area contributed by atoms with Crippen LogP contribution in [0, 0.1) is 11.7 Å². The first-order valence-corrected chi connectivity index (χ1v) is 9.60. The number of guanidine groups is 1. The van der Waals surface area contributed by atoms with Crippen LogP contribution in [0.3, 0.4) is 0 Å². The molecule has 1 aliphatic carbocycles. The van der Waals surface area contributed by atoms with E-state index in [-0.39, 0.29) is 41.1 Å². The number of nitrogens with two attached hydrogens (primary N) is 1. The molecule has 0 spiro atoms. The lowest BCUT2D eigenvalue weighted by atomic mass is 9.94. The number of amides is 1. The molecule has 150 valence electrons. The third kappa shape index (κ3) is 5.80. The lowest BCUT2D eigenvalue weighted by Crippen LogP contribution is -2.47. The van der Waals surface area contributed by atoms with Crippen molar-refractivity contribution in [3.63, 3.8) is 0 Å². The predicted molar refractivity (Wildman–Crippen MR) is 117 cm³/mol. The topological polar surface area (TPSA) is 70.7 Å². The number of rotatable bonds is 6. The van der Waals surface area contributed by atoms with Crippen LogP contribution >= 0.6 is 24.0 Å². The summed E-state index contributed by atoms with van der Waals surface area (Å²) in [6, 6.07) is 6.83. The first-order valence-electron chi connectivity index (χ1n) is 9.60.